The lowest BCUT2D eigenvalue weighted by atomic mass is 9.90. The Kier molecular flexibility index (Phi) is 5.58. The summed E-state index contributed by atoms with van der Waals surface area (Å²) < 4.78 is 0. The molecule has 4 nitrogen and oxygen atoms in total. The van der Waals surface area contributed by atoms with Crippen LogP contribution in [0.1, 0.15) is 43.7 Å². The second kappa shape index (κ2) is 7.43. The van der Waals surface area contributed by atoms with Gasteiger partial charge in [-0.15, -0.1) is 0 Å². The van der Waals surface area contributed by atoms with E-state index in [0.29, 0.717) is 19.4 Å². The number of likely N-dealkylation sites (tertiary alicyclic amines) is 1. The molecule has 2 rings (SSSR count). The van der Waals surface area contributed by atoms with E-state index in [1.54, 1.807) is 4.90 Å². The Morgan fingerprint density at radius 2 is 1.95 bits per heavy atom. The van der Waals surface area contributed by atoms with Gasteiger partial charge in [-0.05, 0) is 45.1 Å². The minimum absolute atomic E-state index is 0.0885. The topological polar surface area (TPSA) is 57.6 Å². The van der Waals surface area contributed by atoms with E-state index >= 15 is 0 Å². The monoisotopic (exact) mass is 303 g/mol. The first-order chi connectivity index (χ1) is 10.5. The molecule has 120 valence electrons. The van der Waals surface area contributed by atoms with Gasteiger partial charge in [0.25, 0.3) is 0 Å². The summed E-state index contributed by atoms with van der Waals surface area (Å²) in [7, 11) is 0. The third-order valence-corrected chi connectivity index (χ3v) is 4.60. The molecule has 0 unspecified atom stereocenters. The molecule has 1 saturated heterocycles. The average molecular weight is 303 g/mol. The van der Waals surface area contributed by atoms with Crippen LogP contribution in [0.25, 0.3) is 0 Å². The molecule has 0 bridgehead atoms. The first-order valence-electron chi connectivity index (χ1n) is 8.07. The van der Waals surface area contributed by atoms with E-state index in [-0.39, 0.29) is 11.9 Å². The van der Waals surface area contributed by atoms with Crippen molar-refractivity contribution in [3.63, 3.8) is 0 Å². The molecule has 1 amide bonds. The third kappa shape index (κ3) is 4.09. The van der Waals surface area contributed by atoms with Crippen molar-refractivity contribution in [1.29, 1.82) is 0 Å². The van der Waals surface area contributed by atoms with Crippen LogP contribution in [0, 0.1) is 12.8 Å². The SMILES string of the molecule is Cc1ccc(CCCC(=O)N2CCC[C@@H](C(=O)O)[C@H]2C)cc1. The van der Waals surface area contributed by atoms with Gasteiger partial charge in [-0.25, -0.2) is 0 Å². The van der Waals surface area contributed by atoms with E-state index in [9.17, 15) is 14.7 Å². The first-order valence-corrected chi connectivity index (χ1v) is 8.07. The van der Waals surface area contributed by atoms with Gasteiger partial charge in [0.05, 0.1) is 5.92 Å². The van der Waals surface area contributed by atoms with Crippen LogP contribution in [0.2, 0.25) is 0 Å². The Bertz CT molecular complexity index is 524. The summed E-state index contributed by atoms with van der Waals surface area (Å²) in [4.78, 5) is 25.3. The Labute approximate surface area is 132 Å². The highest BCUT2D eigenvalue weighted by atomic mass is 16.4. The van der Waals surface area contributed by atoms with E-state index in [1.165, 1.54) is 11.1 Å². The normalized spacial score (nSPS) is 21.6. The summed E-state index contributed by atoms with van der Waals surface area (Å²) in [6, 6.07) is 8.18. The lowest BCUT2D eigenvalue weighted by Crippen LogP contribution is -2.49. The minimum atomic E-state index is -0.787. The number of carboxylic acid groups (broad SMARTS) is 1. The number of piperidine rings is 1. The molecule has 1 aromatic rings. The summed E-state index contributed by atoms with van der Waals surface area (Å²) in [6.45, 7) is 4.61. The van der Waals surface area contributed by atoms with E-state index in [1.807, 2.05) is 6.92 Å². The summed E-state index contributed by atoms with van der Waals surface area (Å²) in [5.41, 5.74) is 2.48. The number of hydrogen-bond acceptors (Lipinski definition) is 2. The van der Waals surface area contributed by atoms with Crippen LogP contribution in [0.3, 0.4) is 0 Å². The van der Waals surface area contributed by atoms with Crippen molar-refractivity contribution in [2.45, 2.75) is 52.0 Å². The van der Waals surface area contributed by atoms with Crippen LogP contribution in [-0.2, 0) is 16.0 Å². The summed E-state index contributed by atoms with van der Waals surface area (Å²) in [6.07, 6.45) is 3.64. The fourth-order valence-electron chi connectivity index (χ4n) is 3.17. The van der Waals surface area contributed by atoms with E-state index in [0.717, 1.165) is 19.3 Å². The number of amides is 1. The smallest absolute Gasteiger partial charge is 0.308 e. The van der Waals surface area contributed by atoms with Crippen LogP contribution in [0.15, 0.2) is 24.3 Å². The quantitative estimate of drug-likeness (QED) is 0.909. The van der Waals surface area contributed by atoms with Crippen LogP contribution >= 0.6 is 0 Å². The van der Waals surface area contributed by atoms with Gasteiger partial charge in [0, 0.05) is 19.0 Å². The predicted molar refractivity (Wildman–Crippen MR) is 85.7 cm³/mol. The maximum Gasteiger partial charge on any atom is 0.308 e. The molecular formula is C18H25NO3. The molecule has 1 heterocycles. The van der Waals surface area contributed by atoms with Crippen LogP contribution in [0.4, 0.5) is 0 Å². The van der Waals surface area contributed by atoms with Gasteiger partial charge < -0.3 is 10.0 Å². The summed E-state index contributed by atoms with van der Waals surface area (Å²) in [5, 5.41) is 9.22. The van der Waals surface area contributed by atoms with Crippen molar-refractivity contribution in [2.24, 2.45) is 5.92 Å². The molecule has 0 saturated carbocycles. The molecule has 0 radical (unpaired) electrons. The molecular weight excluding hydrogens is 278 g/mol. The number of aryl methyl sites for hydroxylation is 2. The number of benzene rings is 1. The van der Waals surface area contributed by atoms with Crippen molar-refractivity contribution in [3.05, 3.63) is 35.4 Å². The zero-order valence-corrected chi connectivity index (χ0v) is 13.4. The highest BCUT2D eigenvalue weighted by molar-refractivity contribution is 5.78. The van der Waals surface area contributed by atoms with Gasteiger partial charge in [0.2, 0.25) is 5.91 Å². The van der Waals surface area contributed by atoms with E-state index in [2.05, 4.69) is 31.2 Å². The minimum Gasteiger partial charge on any atom is -0.481 e. The Hall–Kier alpha value is -1.84. The second-order valence-corrected chi connectivity index (χ2v) is 6.25. The number of hydrogen-bond donors (Lipinski definition) is 1. The second-order valence-electron chi connectivity index (χ2n) is 6.25. The van der Waals surface area contributed by atoms with Crippen LogP contribution in [0.5, 0.6) is 0 Å². The fraction of sp³-hybridized carbons (Fsp3) is 0.556. The van der Waals surface area contributed by atoms with Crippen molar-refractivity contribution < 1.29 is 14.7 Å². The molecule has 1 aromatic carbocycles. The lowest BCUT2D eigenvalue weighted by molar-refractivity contribution is -0.149. The maximum atomic E-state index is 12.4. The van der Waals surface area contributed by atoms with Gasteiger partial charge in [-0.1, -0.05) is 29.8 Å². The Balaban J connectivity index is 1.83. The molecule has 1 aliphatic rings. The summed E-state index contributed by atoms with van der Waals surface area (Å²) >= 11 is 0. The third-order valence-electron chi connectivity index (χ3n) is 4.60. The van der Waals surface area contributed by atoms with Gasteiger partial charge in [0.15, 0.2) is 0 Å². The maximum absolute atomic E-state index is 12.4. The average Bonchev–Trinajstić information content (AvgIpc) is 2.49. The Morgan fingerprint density at radius 1 is 1.27 bits per heavy atom. The molecule has 2 atom stereocenters. The van der Waals surface area contributed by atoms with Crippen LogP contribution < -0.4 is 0 Å². The Morgan fingerprint density at radius 3 is 2.59 bits per heavy atom. The zero-order valence-electron chi connectivity index (χ0n) is 13.4. The standard InChI is InChI=1S/C18H25NO3/c1-13-8-10-15(11-9-13)5-3-7-17(20)19-12-4-6-16(14(19)2)18(21)22/h8-11,14,16H,3-7,12H2,1-2H3,(H,21,22)/t14-,16-/m1/s1. The molecule has 0 aliphatic carbocycles. The van der Waals surface area contributed by atoms with Crippen molar-refractivity contribution in [2.75, 3.05) is 6.54 Å². The van der Waals surface area contributed by atoms with E-state index in [4.69, 9.17) is 0 Å². The predicted octanol–water partition coefficient (Wildman–Crippen LogP) is 3.03. The number of carboxylic acids is 1. The molecule has 4 heteroatoms. The molecule has 1 N–H and O–H groups in total. The molecule has 22 heavy (non-hydrogen) atoms. The zero-order chi connectivity index (χ0) is 16.1. The van der Waals surface area contributed by atoms with Crippen LogP contribution in [-0.4, -0.2) is 34.5 Å². The summed E-state index contributed by atoms with van der Waals surface area (Å²) in [5.74, 6) is -1.12. The molecule has 0 aromatic heterocycles. The number of carbonyl (C=O) groups excluding carboxylic acids is 1. The van der Waals surface area contributed by atoms with E-state index < -0.39 is 11.9 Å². The number of rotatable bonds is 5. The van der Waals surface area contributed by atoms with Crippen molar-refractivity contribution >= 4 is 11.9 Å². The van der Waals surface area contributed by atoms with Gasteiger partial charge in [-0.2, -0.15) is 0 Å². The fourth-order valence-corrected chi connectivity index (χ4v) is 3.17. The molecule has 1 aliphatic heterocycles. The molecule has 0 spiro atoms. The van der Waals surface area contributed by atoms with Gasteiger partial charge >= 0.3 is 5.97 Å². The number of nitrogens with zero attached hydrogens (tertiary/aromatic N) is 1. The van der Waals surface area contributed by atoms with Gasteiger partial charge in [0.1, 0.15) is 0 Å². The number of carbonyl (C=O) groups is 2. The number of aliphatic carboxylic acids is 1. The lowest BCUT2D eigenvalue weighted by Gasteiger charge is -2.37. The largest absolute Gasteiger partial charge is 0.481 e. The molecule has 1 fully saturated rings. The van der Waals surface area contributed by atoms with Gasteiger partial charge in [-0.3, -0.25) is 9.59 Å². The highest BCUT2D eigenvalue weighted by Gasteiger charge is 2.34. The first kappa shape index (κ1) is 16.5. The highest BCUT2D eigenvalue weighted by Crippen LogP contribution is 2.24. The van der Waals surface area contributed by atoms with Crippen molar-refractivity contribution in [3.8, 4) is 0 Å². The van der Waals surface area contributed by atoms with Crippen molar-refractivity contribution in [1.82, 2.24) is 4.90 Å².